The predicted molar refractivity (Wildman–Crippen MR) is 140 cm³/mol. The molecule has 2 heterocycles. The summed E-state index contributed by atoms with van der Waals surface area (Å²) in [4.78, 5) is 34.2. The molecule has 0 fully saturated rings. The van der Waals surface area contributed by atoms with Crippen molar-refractivity contribution in [2.45, 2.75) is 52.4 Å². The number of hydrogen-bond acceptors (Lipinski definition) is 6. The van der Waals surface area contributed by atoms with Crippen LogP contribution in [0.25, 0.3) is 0 Å². The van der Waals surface area contributed by atoms with Crippen molar-refractivity contribution in [1.82, 2.24) is 20.1 Å². The maximum Gasteiger partial charge on any atom is 0.319 e. The van der Waals surface area contributed by atoms with Gasteiger partial charge in [-0.3, -0.25) is 14.7 Å². The van der Waals surface area contributed by atoms with E-state index in [4.69, 9.17) is 9.47 Å². The lowest BCUT2D eigenvalue weighted by molar-refractivity contribution is 0.00901. The summed E-state index contributed by atoms with van der Waals surface area (Å²) in [5, 5.41) is 5.59. The van der Waals surface area contributed by atoms with Crippen LogP contribution in [-0.2, 0) is 11.3 Å². The minimum absolute atomic E-state index is 0.00567. The molecule has 1 aliphatic rings. The average molecular weight is 498 g/mol. The van der Waals surface area contributed by atoms with Crippen LogP contribution in [0.2, 0.25) is 0 Å². The Bertz CT molecular complexity index is 1020. The number of anilines is 1. The van der Waals surface area contributed by atoms with Crippen molar-refractivity contribution in [2.75, 3.05) is 39.2 Å². The van der Waals surface area contributed by atoms with Gasteiger partial charge in [0.15, 0.2) is 0 Å². The van der Waals surface area contributed by atoms with Crippen molar-refractivity contribution in [3.63, 3.8) is 0 Å². The number of carbonyl (C=O) groups is 2. The van der Waals surface area contributed by atoms with Crippen molar-refractivity contribution in [3.05, 3.63) is 53.9 Å². The van der Waals surface area contributed by atoms with E-state index in [1.165, 1.54) is 0 Å². The maximum absolute atomic E-state index is 13.5. The molecule has 1 aromatic carbocycles. The van der Waals surface area contributed by atoms with Crippen LogP contribution in [0.3, 0.4) is 0 Å². The van der Waals surface area contributed by atoms with Gasteiger partial charge in [-0.05, 0) is 57.0 Å². The lowest BCUT2D eigenvalue weighted by atomic mass is 10.0. The van der Waals surface area contributed by atoms with Crippen molar-refractivity contribution < 1.29 is 19.1 Å². The number of carbonyl (C=O) groups excluding carboxylic acids is 2. The Morgan fingerprint density at radius 3 is 2.67 bits per heavy atom. The van der Waals surface area contributed by atoms with E-state index < -0.39 is 0 Å². The van der Waals surface area contributed by atoms with Crippen molar-refractivity contribution in [3.8, 4) is 5.75 Å². The van der Waals surface area contributed by atoms with Gasteiger partial charge in [-0.15, -0.1) is 0 Å². The second-order valence-electron chi connectivity index (χ2n) is 9.81. The topological polar surface area (TPSA) is 96.0 Å². The van der Waals surface area contributed by atoms with Crippen molar-refractivity contribution >= 4 is 17.6 Å². The van der Waals surface area contributed by atoms with Crippen LogP contribution in [0.4, 0.5) is 10.5 Å². The Morgan fingerprint density at radius 2 is 2.00 bits per heavy atom. The van der Waals surface area contributed by atoms with E-state index in [-0.39, 0.29) is 36.0 Å². The summed E-state index contributed by atoms with van der Waals surface area (Å²) in [6.45, 7) is 10.3. The summed E-state index contributed by atoms with van der Waals surface area (Å²) >= 11 is 0. The zero-order chi connectivity index (χ0) is 26.2. The van der Waals surface area contributed by atoms with Gasteiger partial charge in [0.2, 0.25) is 0 Å². The third-order valence-electron chi connectivity index (χ3n) is 6.34. The highest BCUT2D eigenvalue weighted by Crippen LogP contribution is 2.26. The van der Waals surface area contributed by atoms with Crippen LogP contribution >= 0.6 is 0 Å². The fourth-order valence-electron chi connectivity index (χ4n) is 4.28. The van der Waals surface area contributed by atoms with Crippen LogP contribution < -0.4 is 15.4 Å². The van der Waals surface area contributed by atoms with Crippen molar-refractivity contribution in [1.29, 1.82) is 0 Å². The first-order valence-electron chi connectivity index (χ1n) is 12.4. The van der Waals surface area contributed by atoms with E-state index in [2.05, 4.69) is 34.4 Å². The van der Waals surface area contributed by atoms with Gasteiger partial charge in [-0.1, -0.05) is 13.0 Å². The number of likely N-dealkylation sites (N-methyl/N-ethyl adjacent to an activating group) is 1. The Kier molecular flexibility index (Phi) is 9.66. The number of fused-ring (bicyclic) bond motifs is 1. The SMILES string of the molecule is CO[C@@H]1CN(C)C(=O)c2cc(NC(=O)NC(C)C)ccc2OC[C@@H](C)N(Cc2ccccn2)C[C@@H]1C. The molecular formula is C27H39N5O4. The number of pyridine rings is 1. The summed E-state index contributed by atoms with van der Waals surface area (Å²) in [7, 11) is 3.45. The van der Waals surface area contributed by atoms with E-state index >= 15 is 0 Å². The van der Waals surface area contributed by atoms with E-state index in [1.807, 2.05) is 32.0 Å². The van der Waals surface area contributed by atoms with Gasteiger partial charge >= 0.3 is 6.03 Å². The van der Waals surface area contributed by atoms with Gasteiger partial charge in [0, 0.05) is 57.8 Å². The number of benzene rings is 1. The highest BCUT2D eigenvalue weighted by molar-refractivity contribution is 5.99. The molecule has 9 heteroatoms. The van der Waals surface area contributed by atoms with Crippen LogP contribution in [0, 0.1) is 5.92 Å². The molecule has 2 N–H and O–H groups in total. The highest BCUT2D eigenvalue weighted by Gasteiger charge is 2.28. The minimum Gasteiger partial charge on any atom is -0.491 e. The number of nitrogens with zero attached hydrogens (tertiary/aromatic N) is 3. The molecule has 0 aliphatic carbocycles. The van der Waals surface area contributed by atoms with E-state index in [0.717, 1.165) is 12.2 Å². The fourth-order valence-corrected chi connectivity index (χ4v) is 4.28. The second-order valence-corrected chi connectivity index (χ2v) is 9.81. The molecule has 1 aromatic heterocycles. The number of urea groups is 1. The van der Waals surface area contributed by atoms with Crippen molar-refractivity contribution in [2.24, 2.45) is 5.92 Å². The number of nitrogens with one attached hydrogen (secondary N) is 2. The molecule has 3 amide bonds. The fraction of sp³-hybridized carbons (Fsp3) is 0.519. The van der Waals surface area contributed by atoms with E-state index in [9.17, 15) is 9.59 Å². The Balaban J connectivity index is 1.91. The summed E-state index contributed by atoms with van der Waals surface area (Å²) in [5.74, 6) is 0.447. The number of hydrogen-bond donors (Lipinski definition) is 2. The normalized spacial score (nSPS) is 21.7. The number of ether oxygens (including phenoxy) is 2. The molecule has 1 aliphatic heterocycles. The first-order chi connectivity index (χ1) is 17.2. The number of aromatic nitrogens is 1. The highest BCUT2D eigenvalue weighted by atomic mass is 16.5. The summed E-state index contributed by atoms with van der Waals surface area (Å²) in [6.07, 6.45) is 1.65. The van der Waals surface area contributed by atoms with Crippen LogP contribution in [0.15, 0.2) is 42.6 Å². The first kappa shape index (κ1) is 27.4. The molecule has 196 valence electrons. The smallest absolute Gasteiger partial charge is 0.319 e. The van der Waals surface area contributed by atoms with E-state index in [1.54, 1.807) is 43.5 Å². The van der Waals surface area contributed by atoms with Crippen LogP contribution in [-0.4, -0.2) is 78.8 Å². The zero-order valence-electron chi connectivity index (χ0n) is 22.2. The number of rotatable bonds is 5. The standard InChI is InChI=1S/C27H39N5O4/c1-18(2)29-27(34)30-21-10-11-24-23(13-21)26(33)31(5)16-25(35-6)19(3)14-32(20(4)17-36-24)15-22-9-7-8-12-28-22/h7-13,18-20,25H,14-17H2,1-6H3,(H2,29,30,34)/t19-,20+,25+/m0/s1. The van der Waals surface area contributed by atoms with Gasteiger partial charge in [0.1, 0.15) is 12.4 Å². The molecular weight excluding hydrogens is 458 g/mol. The summed E-state index contributed by atoms with van der Waals surface area (Å²) in [5.41, 5.74) is 1.90. The molecule has 3 rings (SSSR count). The van der Waals surface area contributed by atoms with Crippen LogP contribution in [0.1, 0.15) is 43.7 Å². The minimum atomic E-state index is -0.327. The number of amides is 3. The maximum atomic E-state index is 13.5. The largest absolute Gasteiger partial charge is 0.491 e. The number of methoxy groups -OCH3 is 1. The molecule has 0 spiro atoms. The molecule has 0 saturated heterocycles. The monoisotopic (exact) mass is 497 g/mol. The lowest BCUT2D eigenvalue weighted by Crippen LogP contribution is -2.46. The van der Waals surface area contributed by atoms with Gasteiger partial charge in [-0.2, -0.15) is 0 Å². The molecule has 36 heavy (non-hydrogen) atoms. The molecule has 2 aromatic rings. The third kappa shape index (κ3) is 7.41. The Morgan fingerprint density at radius 1 is 1.22 bits per heavy atom. The predicted octanol–water partition coefficient (Wildman–Crippen LogP) is 3.62. The van der Waals surface area contributed by atoms with Gasteiger partial charge in [-0.25, -0.2) is 4.79 Å². The third-order valence-corrected chi connectivity index (χ3v) is 6.34. The summed E-state index contributed by atoms with van der Waals surface area (Å²) in [6, 6.07) is 10.8. The molecule has 3 atom stereocenters. The molecule has 0 bridgehead atoms. The summed E-state index contributed by atoms with van der Waals surface area (Å²) < 4.78 is 12.0. The quantitative estimate of drug-likeness (QED) is 0.655. The van der Waals surface area contributed by atoms with Gasteiger partial charge < -0.3 is 25.0 Å². The van der Waals surface area contributed by atoms with E-state index in [0.29, 0.717) is 36.7 Å². The Hall–Kier alpha value is -3.17. The molecule has 0 unspecified atom stereocenters. The molecule has 0 radical (unpaired) electrons. The van der Waals surface area contributed by atoms with Gasteiger partial charge in [0.05, 0.1) is 17.4 Å². The molecule has 9 nitrogen and oxygen atoms in total. The lowest BCUT2D eigenvalue weighted by Gasteiger charge is -2.35. The average Bonchev–Trinajstić information content (AvgIpc) is 2.84. The first-order valence-corrected chi connectivity index (χ1v) is 12.4. The zero-order valence-corrected chi connectivity index (χ0v) is 22.2. The molecule has 0 saturated carbocycles. The van der Waals surface area contributed by atoms with Crippen LogP contribution in [0.5, 0.6) is 5.75 Å². The van der Waals surface area contributed by atoms with Gasteiger partial charge in [0.25, 0.3) is 5.91 Å². The second kappa shape index (κ2) is 12.7. The Labute approximate surface area is 214 Å².